The minimum absolute atomic E-state index is 0.0110. The van der Waals surface area contributed by atoms with Gasteiger partial charge in [0.1, 0.15) is 65.6 Å². The van der Waals surface area contributed by atoms with Gasteiger partial charge in [-0.15, -0.1) is 0 Å². The maximum Gasteiger partial charge on any atom is 0.200 e. The van der Waals surface area contributed by atoms with E-state index in [0.29, 0.717) is 5.56 Å². The van der Waals surface area contributed by atoms with Crippen molar-refractivity contribution in [2.45, 2.75) is 48.5 Å². The Balaban J connectivity index is 1.46. The summed E-state index contributed by atoms with van der Waals surface area (Å²) < 4.78 is 22.1. The van der Waals surface area contributed by atoms with Crippen LogP contribution in [0.25, 0.3) is 22.1 Å². The predicted octanol–water partition coefficient (Wildman–Crippen LogP) is -1.15. The van der Waals surface area contributed by atoms with Crippen LogP contribution in [-0.2, 0) is 14.2 Å². The number of ether oxygens (including phenoxy) is 3. The lowest BCUT2D eigenvalue weighted by molar-refractivity contribution is -0.252. The van der Waals surface area contributed by atoms with E-state index < -0.39 is 79.5 Å². The van der Waals surface area contributed by atoms with Gasteiger partial charge in [0, 0.05) is 0 Å². The highest BCUT2D eigenvalue weighted by Crippen LogP contribution is 2.41. The van der Waals surface area contributed by atoms with E-state index in [2.05, 4.69) is 0 Å². The maximum absolute atomic E-state index is 13.3. The van der Waals surface area contributed by atoms with Gasteiger partial charge in [0.05, 0.1) is 36.3 Å². The lowest BCUT2D eigenvalue weighted by Gasteiger charge is -2.41. The number of rotatable bonds is 6. The fourth-order valence-corrected chi connectivity index (χ4v) is 4.78. The number of benzene rings is 2. The van der Waals surface area contributed by atoms with E-state index in [1.165, 1.54) is 36.4 Å². The van der Waals surface area contributed by atoms with Gasteiger partial charge in [-0.05, 0) is 29.8 Å². The highest BCUT2D eigenvalue weighted by molar-refractivity contribution is 5.86. The van der Waals surface area contributed by atoms with E-state index in [4.69, 9.17) is 18.6 Å². The Morgan fingerprint density at radius 2 is 1.69 bits per heavy atom. The second kappa shape index (κ2) is 10.5. The molecule has 2 aliphatic rings. The third-order valence-corrected chi connectivity index (χ3v) is 7.14. The lowest BCUT2D eigenvalue weighted by atomic mass is 9.89. The molecular formula is C26H28O13. The smallest absolute Gasteiger partial charge is 0.200 e. The van der Waals surface area contributed by atoms with Crippen LogP contribution in [0.2, 0.25) is 0 Å². The Bertz CT molecular complexity index is 1390. The minimum Gasteiger partial charge on any atom is -0.508 e. The third-order valence-electron chi connectivity index (χ3n) is 7.14. The van der Waals surface area contributed by atoms with Gasteiger partial charge in [-0.3, -0.25) is 4.79 Å². The molecule has 0 amide bonds. The van der Waals surface area contributed by atoms with Crippen molar-refractivity contribution in [3.05, 3.63) is 58.4 Å². The number of phenolic OH excluding ortho intramolecular Hbond substituents is 2. The maximum atomic E-state index is 13.3. The van der Waals surface area contributed by atoms with Crippen molar-refractivity contribution in [1.82, 2.24) is 0 Å². The van der Waals surface area contributed by atoms with Crippen molar-refractivity contribution in [2.24, 2.45) is 0 Å². The molecule has 13 heteroatoms. The second-order valence-corrected chi connectivity index (χ2v) is 9.69. The van der Waals surface area contributed by atoms with Gasteiger partial charge < -0.3 is 59.5 Å². The van der Waals surface area contributed by atoms with Crippen LogP contribution in [0.1, 0.15) is 11.7 Å². The molecule has 8 N–H and O–H groups in total. The summed E-state index contributed by atoms with van der Waals surface area (Å²) in [6, 6.07) is 8.39. The summed E-state index contributed by atoms with van der Waals surface area (Å²) >= 11 is 0. The van der Waals surface area contributed by atoms with E-state index in [0.717, 1.165) is 6.26 Å². The molecule has 2 aliphatic heterocycles. The van der Waals surface area contributed by atoms with Gasteiger partial charge in [0.15, 0.2) is 6.29 Å². The molecule has 0 bridgehead atoms. The van der Waals surface area contributed by atoms with E-state index in [1.807, 2.05) is 0 Å². The number of fused-ring (bicyclic) bond motifs is 1. The summed E-state index contributed by atoms with van der Waals surface area (Å²) in [5, 5.41) is 81.7. The highest BCUT2D eigenvalue weighted by atomic mass is 16.7. The molecular weight excluding hydrogens is 520 g/mol. The van der Waals surface area contributed by atoms with Gasteiger partial charge in [-0.1, -0.05) is 12.1 Å². The van der Waals surface area contributed by atoms with Crippen LogP contribution in [-0.4, -0.2) is 103 Å². The first-order valence-electron chi connectivity index (χ1n) is 12.1. The summed E-state index contributed by atoms with van der Waals surface area (Å²) in [4.78, 5) is 13.3. The number of hydrogen-bond donors (Lipinski definition) is 8. The van der Waals surface area contributed by atoms with Crippen LogP contribution in [0.4, 0.5) is 0 Å². The molecule has 3 heterocycles. The molecule has 210 valence electrons. The minimum atomic E-state index is -1.94. The van der Waals surface area contributed by atoms with Crippen molar-refractivity contribution in [2.75, 3.05) is 19.8 Å². The Morgan fingerprint density at radius 1 is 0.974 bits per heavy atom. The van der Waals surface area contributed by atoms with Gasteiger partial charge in [0.2, 0.25) is 5.43 Å². The van der Waals surface area contributed by atoms with E-state index in [9.17, 15) is 45.6 Å². The Morgan fingerprint density at radius 3 is 2.36 bits per heavy atom. The monoisotopic (exact) mass is 548 g/mol. The summed E-state index contributed by atoms with van der Waals surface area (Å²) in [5.74, 6) is -0.408. The van der Waals surface area contributed by atoms with E-state index in [1.54, 1.807) is 0 Å². The molecule has 0 aliphatic carbocycles. The predicted molar refractivity (Wildman–Crippen MR) is 131 cm³/mol. The number of hydrogen-bond acceptors (Lipinski definition) is 13. The molecule has 2 fully saturated rings. The van der Waals surface area contributed by atoms with E-state index >= 15 is 0 Å². The molecule has 0 spiro atoms. The van der Waals surface area contributed by atoms with Crippen LogP contribution >= 0.6 is 0 Å². The van der Waals surface area contributed by atoms with Gasteiger partial charge in [-0.2, -0.15) is 0 Å². The third kappa shape index (κ3) is 4.78. The normalized spacial score (nSPS) is 33.0. The molecule has 8 atom stereocenters. The number of aromatic hydroxyl groups is 2. The van der Waals surface area contributed by atoms with Gasteiger partial charge in [-0.25, -0.2) is 0 Å². The Labute approximate surface area is 220 Å². The molecule has 0 radical (unpaired) electrons. The Kier molecular flexibility index (Phi) is 7.37. The number of aliphatic hydroxyl groups excluding tert-OH is 5. The topological polar surface area (TPSA) is 220 Å². The first-order valence-corrected chi connectivity index (χ1v) is 12.1. The van der Waals surface area contributed by atoms with Crippen molar-refractivity contribution in [3.63, 3.8) is 0 Å². The zero-order valence-electron chi connectivity index (χ0n) is 20.3. The summed E-state index contributed by atoms with van der Waals surface area (Å²) in [6.45, 7) is -1.70. The van der Waals surface area contributed by atoms with Crippen molar-refractivity contribution >= 4 is 11.0 Å². The fourth-order valence-electron chi connectivity index (χ4n) is 4.78. The first-order chi connectivity index (χ1) is 18.6. The van der Waals surface area contributed by atoms with Crippen LogP contribution in [0.5, 0.6) is 11.5 Å². The summed E-state index contributed by atoms with van der Waals surface area (Å²) in [5.41, 5.74) is -2.07. The van der Waals surface area contributed by atoms with Crippen molar-refractivity contribution in [1.29, 1.82) is 0 Å². The van der Waals surface area contributed by atoms with Gasteiger partial charge in [0.25, 0.3) is 0 Å². The highest BCUT2D eigenvalue weighted by Gasteiger charge is 2.50. The standard InChI is InChI=1S/C26H28O13/c27-9-26(35)10-38-25(24(26)34)37-8-16-19(31)20(32)21(33)23(39-16)17-15(29)6-5-13-18(30)14(7-36-22(13)17)11-1-3-12(28)4-2-11/h1-7,16,19-21,23-25,27-29,31-35H,8-10H2/t16-,19-,20+,21-,23+,24+,25-,26-/m1/s1. The second-order valence-electron chi connectivity index (χ2n) is 9.69. The average molecular weight is 548 g/mol. The summed E-state index contributed by atoms with van der Waals surface area (Å²) in [6.07, 6.45) is -9.88. The quantitative estimate of drug-likeness (QED) is 0.183. The van der Waals surface area contributed by atoms with E-state index in [-0.39, 0.29) is 27.8 Å². The SMILES string of the molecule is O=c1c(-c2ccc(O)cc2)coc2c([C@@H]3O[C@H](CO[C@@H]4OC[C@](O)(CO)[C@H]4O)[C@@H](O)[C@H](O)[C@H]3O)c(O)ccc12. The van der Waals surface area contributed by atoms with Crippen molar-refractivity contribution in [3.8, 4) is 22.6 Å². The molecule has 39 heavy (non-hydrogen) atoms. The van der Waals surface area contributed by atoms with Crippen LogP contribution in [0, 0.1) is 0 Å². The molecule has 1 aromatic heterocycles. The fraction of sp³-hybridized carbons (Fsp3) is 0.423. The zero-order valence-corrected chi connectivity index (χ0v) is 20.3. The molecule has 13 nitrogen and oxygen atoms in total. The first kappa shape index (κ1) is 27.5. The van der Waals surface area contributed by atoms with Crippen LogP contribution in [0.15, 0.2) is 51.9 Å². The van der Waals surface area contributed by atoms with Gasteiger partial charge >= 0.3 is 0 Å². The molecule has 0 saturated carbocycles. The Hall–Kier alpha value is -3.11. The molecule has 2 saturated heterocycles. The molecule has 5 rings (SSSR count). The summed E-state index contributed by atoms with van der Waals surface area (Å²) in [7, 11) is 0. The molecule has 2 aromatic carbocycles. The zero-order chi connectivity index (χ0) is 28.1. The average Bonchev–Trinajstić information content (AvgIpc) is 3.22. The van der Waals surface area contributed by atoms with Crippen molar-refractivity contribution < 1.29 is 59.5 Å². The number of aliphatic hydroxyl groups is 6. The lowest BCUT2D eigenvalue weighted by Crippen LogP contribution is -2.56. The molecule has 0 unspecified atom stereocenters. The number of phenols is 2. The largest absolute Gasteiger partial charge is 0.508 e. The molecule has 3 aromatic rings. The van der Waals surface area contributed by atoms with Crippen LogP contribution < -0.4 is 5.43 Å². The van der Waals surface area contributed by atoms with Crippen LogP contribution in [0.3, 0.4) is 0 Å².